The largest absolute Gasteiger partial charge is 0.425 e. The Balaban J connectivity index is 1.28. The van der Waals surface area contributed by atoms with E-state index in [1.165, 1.54) is 12.8 Å². The first kappa shape index (κ1) is 16.3. The molecule has 1 aliphatic carbocycles. The lowest BCUT2D eigenvalue weighted by atomic mass is 9.96. The minimum absolute atomic E-state index is 0.197. The van der Waals surface area contributed by atoms with E-state index in [1.54, 1.807) is 0 Å². The fraction of sp³-hybridized carbons (Fsp3) is 0.667. The molecular weight excluding hydrogens is 320 g/mol. The van der Waals surface area contributed by atoms with Crippen LogP contribution in [0.5, 0.6) is 0 Å². The standard InChI is InChI=1S/C18H24N4O3/c1-11-15(12(2)25-21-11)5-6-16(23)22-9-7-14(8-10-22)18-20-19-17(24-18)13-3-4-13/h13-14H,3-10H2,1-2H3. The second kappa shape index (κ2) is 6.61. The van der Waals surface area contributed by atoms with E-state index in [4.69, 9.17) is 8.94 Å². The maximum atomic E-state index is 12.5. The molecule has 0 unspecified atom stereocenters. The average molecular weight is 344 g/mol. The Morgan fingerprint density at radius 2 is 1.72 bits per heavy atom. The van der Waals surface area contributed by atoms with Crippen molar-refractivity contribution >= 4 is 5.91 Å². The van der Waals surface area contributed by atoms with Crippen LogP contribution in [0.3, 0.4) is 0 Å². The summed E-state index contributed by atoms with van der Waals surface area (Å²) in [6.07, 6.45) is 5.31. The number of hydrogen-bond donors (Lipinski definition) is 0. The maximum Gasteiger partial charge on any atom is 0.222 e. The smallest absolute Gasteiger partial charge is 0.222 e. The number of carbonyl (C=O) groups is 1. The van der Waals surface area contributed by atoms with E-state index in [0.29, 0.717) is 18.8 Å². The number of piperidine rings is 1. The fourth-order valence-corrected chi connectivity index (χ4v) is 3.53. The van der Waals surface area contributed by atoms with Gasteiger partial charge in [0.2, 0.25) is 17.7 Å². The maximum absolute atomic E-state index is 12.5. The highest BCUT2D eigenvalue weighted by molar-refractivity contribution is 5.76. The predicted octanol–water partition coefficient (Wildman–Crippen LogP) is 2.89. The van der Waals surface area contributed by atoms with Gasteiger partial charge in [-0.1, -0.05) is 5.16 Å². The molecule has 0 atom stereocenters. The van der Waals surface area contributed by atoms with E-state index in [2.05, 4.69) is 15.4 Å². The zero-order valence-corrected chi connectivity index (χ0v) is 14.8. The van der Waals surface area contributed by atoms with Gasteiger partial charge in [-0.2, -0.15) is 0 Å². The molecule has 1 amide bonds. The van der Waals surface area contributed by atoms with E-state index in [-0.39, 0.29) is 11.8 Å². The Morgan fingerprint density at radius 3 is 2.28 bits per heavy atom. The van der Waals surface area contributed by atoms with Crippen molar-refractivity contribution in [3.8, 4) is 0 Å². The van der Waals surface area contributed by atoms with Crippen LogP contribution < -0.4 is 0 Å². The second-order valence-electron chi connectivity index (χ2n) is 7.21. The number of amides is 1. The summed E-state index contributed by atoms with van der Waals surface area (Å²) in [7, 11) is 0. The molecule has 7 heteroatoms. The first-order chi connectivity index (χ1) is 12.1. The van der Waals surface area contributed by atoms with Gasteiger partial charge in [0, 0.05) is 36.9 Å². The van der Waals surface area contributed by atoms with Gasteiger partial charge in [0.05, 0.1) is 5.69 Å². The lowest BCUT2D eigenvalue weighted by molar-refractivity contribution is -0.132. The molecule has 0 bridgehead atoms. The topological polar surface area (TPSA) is 85.3 Å². The summed E-state index contributed by atoms with van der Waals surface area (Å²) in [5.41, 5.74) is 1.94. The minimum Gasteiger partial charge on any atom is -0.425 e. The van der Waals surface area contributed by atoms with Crippen LogP contribution in [0.2, 0.25) is 0 Å². The molecule has 0 spiro atoms. The number of carbonyl (C=O) groups excluding carboxylic acids is 1. The van der Waals surface area contributed by atoms with Crippen molar-refractivity contribution < 1.29 is 13.7 Å². The minimum atomic E-state index is 0.197. The molecule has 2 aromatic heterocycles. The molecule has 0 aromatic carbocycles. The molecule has 2 aliphatic rings. The Kier molecular flexibility index (Phi) is 4.31. The van der Waals surface area contributed by atoms with Crippen LogP contribution >= 0.6 is 0 Å². The van der Waals surface area contributed by atoms with Crippen molar-refractivity contribution in [2.75, 3.05) is 13.1 Å². The number of rotatable bonds is 5. The molecule has 1 aliphatic heterocycles. The van der Waals surface area contributed by atoms with Crippen LogP contribution in [-0.4, -0.2) is 39.3 Å². The first-order valence-electron chi connectivity index (χ1n) is 9.14. The van der Waals surface area contributed by atoms with Crippen LogP contribution in [0.1, 0.15) is 72.7 Å². The molecule has 134 valence electrons. The second-order valence-corrected chi connectivity index (χ2v) is 7.21. The van der Waals surface area contributed by atoms with Crippen LogP contribution in [0.15, 0.2) is 8.94 Å². The molecule has 2 aromatic rings. The number of nitrogens with zero attached hydrogens (tertiary/aromatic N) is 4. The monoisotopic (exact) mass is 344 g/mol. The van der Waals surface area contributed by atoms with E-state index in [1.807, 2.05) is 18.7 Å². The molecule has 2 fully saturated rings. The van der Waals surface area contributed by atoms with Crippen LogP contribution in [0, 0.1) is 13.8 Å². The van der Waals surface area contributed by atoms with Gasteiger partial charge < -0.3 is 13.8 Å². The molecule has 0 N–H and O–H groups in total. The third-order valence-corrected chi connectivity index (χ3v) is 5.35. The zero-order valence-electron chi connectivity index (χ0n) is 14.8. The number of aryl methyl sites for hydroxylation is 2. The zero-order chi connectivity index (χ0) is 17.4. The normalized spacial score (nSPS) is 18.7. The van der Waals surface area contributed by atoms with E-state index in [9.17, 15) is 4.79 Å². The van der Waals surface area contributed by atoms with Gasteiger partial charge in [-0.3, -0.25) is 4.79 Å². The summed E-state index contributed by atoms with van der Waals surface area (Å²) >= 11 is 0. The van der Waals surface area contributed by atoms with Crippen LogP contribution in [0.25, 0.3) is 0 Å². The third-order valence-electron chi connectivity index (χ3n) is 5.35. The summed E-state index contributed by atoms with van der Waals surface area (Å²) in [5.74, 6) is 3.34. The van der Waals surface area contributed by atoms with Gasteiger partial charge in [0.1, 0.15) is 5.76 Å². The molecule has 3 heterocycles. The van der Waals surface area contributed by atoms with Crippen LogP contribution in [-0.2, 0) is 11.2 Å². The highest BCUT2D eigenvalue weighted by Crippen LogP contribution is 2.40. The SMILES string of the molecule is Cc1noc(C)c1CCC(=O)N1CCC(c2nnc(C3CC3)o2)CC1. The highest BCUT2D eigenvalue weighted by atomic mass is 16.5. The van der Waals surface area contributed by atoms with Gasteiger partial charge in [0.25, 0.3) is 0 Å². The summed E-state index contributed by atoms with van der Waals surface area (Å²) in [4.78, 5) is 14.4. The summed E-state index contributed by atoms with van der Waals surface area (Å²) in [6, 6.07) is 0. The fourth-order valence-electron chi connectivity index (χ4n) is 3.53. The molecule has 4 rings (SSSR count). The summed E-state index contributed by atoms with van der Waals surface area (Å²) in [6.45, 7) is 5.33. The van der Waals surface area contributed by atoms with Crippen LogP contribution in [0.4, 0.5) is 0 Å². The van der Waals surface area contributed by atoms with Crippen molar-refractivity contribution in [1.29, 1.82) is 0 Å². The predicted molar refractivity (Wildman–Crippen MR) is 89.1 cm³/mol. The van der Waals surface area contributed by atoms with Gasteiger partial charge >= 0.3 is 0 Å². The molecular formula is C18H24N4O3. The van der Waals surface area contributed by atoms with Crippen molar-refractivity contribution in [2.45, 2.75) is 64.2 Å². The van der Waals surface area contributed by atoms with Crippen molar-refractivity contribution in [3.05, 3.63) is 28.8 Å². The molecule has 7 nitrogen and oxygen atoms in total. The third kappa shape index (κ3) is 3.45. The number of hydrogen-bond acceptors (Lipinski definition) is 6. The molecule has 25 heavy (non-hydrogen) atoms. The van der Waals surface area contributed by atoms with Crippen molar-refractivity contribution in [2.24, 2.45) is 0 Å². The lowest BCUT2D eigenvalue weighted by Gasteiger charge is -2.30. The van der Waals surface area contributed by atoms with Gasteiger partial charge in [-0.25, -0.2) is 0 Å². The Bertz CT molecular complexity index is 735. The molecule has 1 saturated carbocycles. The quantitative estimate of drug-likeness (QED) is 0.829. The average Bonchev–Trinajstić information content (AvgIpc) is 3.27. The van der Waals surface area contributed by atoms with Gasteiger partial charge in [-0.15, -0.1) is 10.2 Å². The number of aromatic nitrogens is 3. The van der Waals surface area contributed by atoms with E-state index < -0.39 is 0 Å². The lowest BCUT2D eigenvalue weighted by Crippen LogP contribution is -2.38. The molecule has 1 saturated heterocycles. The highest BCUT2D eigenvalue weighted by Gasteiger charge is 2.32. The number of likely N-dealkylation sites (tertiary alicyclic amines) is 1. The molecule has 0 radical (unpaired) electrons. The Labute approximate surface area is 146 Å². The van der Waals surface area contributed by atoms with E-state index in [0.717, 1.165) is 54.7 Å². The summed E-state index contributed by atoms with van der Waals surface area (Å²) < 4.78 is 11.0. The summed E-state index contributed by atoms with van der Waals surface area (Å²) in [5, 5.41) is 12.3. The van der Waals surface area contributed by atoms with Crippen molar-refractivity contribution in [3.63, 3.8) is 0 Å². The van der Waals surface area contributed by atoms with Crippen molar-refractivity contribution in [1.82, 2.24) is 20.3 Å². The van der Waals surface area contributed by atoms with Gasteiger partial charge in [-0.05, 0) is 46.0 Å². The van der Waals surface area contributed by atoms with E-state index >= 15 is 0 Å². The Hall–Kier alpha value is -2.18. The first-order valence-corrected chi connectivity index (χ1v) is 9.14. The van der Waals surface area contributed by atoms with Gasteiger partial charge in [0.15, 0.2) is 0 Å². The Morgan fingerprint density at radius 1 is 1.08 bits per heavy atom.